The van der Waals surface area contributed by atoms with Gasteiger partial charge in [-0.25, -0.2) is 0 Å². The van der Waals surface area contributed by atoms with E-state index in [9.17, 15) is 9.90 Å². The Morgan fingerprint density at radius 2 is 1.85 bits per heavy atom. The van der Waals surface area contributed by atoms with Gasteiger partial charge in [0.1, 0.15) is 17.6 Å². The first-order valence-corrected chi connectivity index (χ1v) is 15.4. The highest BCUT2D eigenvalue weighted by molar-refractivity contribution is 5.96. The molecule has 1 fully saturated rings. The molecule has 5 rings (SSSR count). The van der Waals surface area contributed by atoms with Gasteiger partial charge in [-0.2, -0.15) is 0 Å². The number of likely N-dealkylation sites (tertiary alicyclic amines) is 1. The zero-order valence-electron chi connectivity index (χ0n) is 25.2. The lowest BCUT2D eigenvalue weighted by Crippen LogP contribution is -2.43. The van der Waals surface area contributed by atoms with Crippen LogP contribution in [0.5, 0.6) is 11.5 Å². The number of carbonyl (C=O) groups excluding carboxylic acids is 1. The summed E-state index contributed by atoms with van der Waals surface area (Å²) in [6, 6.07) is 13.3. The Bertz CT molecular complexity index is 1220. The number of hydrogen-bond acceptors (Lipinski definition) is 6. The largest absolute Gasteiger partial charge is 0.493 e. The van der Waals surface area contributed by atoms with Crippen LogP contribution in [0.15, 0.2) is 60.3 Å². The standard InChI is InChI=1S/C33H41N2O4.C2H6.H2/c1-22(2)39-27-12-9-24(10-13-27)31(36)8-6-7-23(3)34-30(21-35-16-4-5-17-35)33(37)26-11-14-28-29-19-25(29)15-18-38-32(28)20-26;1-2;/h9-14,19-20,22,30,33-34,37H,3-8,15-18,21H2,1-2H3;1-2H3;1H/t30-,33-;;/m1../s1. The molecule has 1 saturated heterocycles. The number of nitrogens with one attached hydrogen (secondary N) is 1. The summed E-state index contributed by atoms with van der Waals surface area (Å²) in [4.78, 5) is 15.1. The van der Waals surface area contributed by atoms with Gasteiger partial charge in [0.15, 0.2) is 5.78 Å². The minimum absolute atomic E-state index is 0. The lowest BCUT2D eigenvalue weighted by atomic mass is 9.98. The first kappa shape index (κ1) is 30.9. The zero-order valence-corrected chi connectivity index (χ0v) is 25.2. The third-order valence-electron chi connectivity index (χ3n) is 7.70. The molecule has 1 radical (unpaired) electrons. The van der Waals surface area contributed by atoms with Crippen LogP contribution in [0.25, 0.3) is 5.57 Å². The van der Waals surface area contributed by atoms with Crippen LogP contribution in [0.3, 0.4) is 0 Å². The SMILES string of the molecule is C=C(CCCC(=O)c1ccc(OC(C)C)cc1)N[C@H](CN1CCCC1)[C@H](O)c1ccc2c(c1)OCCC1=C2[CH]1.CC.[HH]. The second kappa shape index (κ2) is 14.7. The highest BCUT2D eigenvalue weighted by Crippen LogP contribution is 2.47. The van der Waals surface area contributed by atoms with Gasteiger partial charge >= 0.3 is 0 Å². The van der Waals surface area contributed by atoms with Gasteiger partial charge in [-0.15, -0.1) is 0 Å². The van der Waals surface area contributed by atoms with Gasteiger partial charge in [-0.05, 0) is 94.1 Å². The van der Waals surface area contributed by atoms with Crippen LogP contribution in [-0.4, -0.2) is 54.2 Å². The second-order valence-corrected chi connectivity index (χ2v) is 11.2. The average Bonchev–Trinajstić information content (AvgIpc) is 3.59. The van der Waals surface area contributed by atoms with Gasteiger partial charge in [-0.3, -0.25) is 4.79 Å². The molecule has 0 bridgehead atoms. The molecule has 0 amide bonds. The third kappa shape index (κ3) is 8.46. The topological polar surface area (TPSA) is 71.0 Å². The van der Waals surface area contributed by atoms with E-state index in [-0.39, 0.29) is 19.4 Å². The highest BCUT2D eigenvalue weighted by Gasteiger charge is 2.31. The summed E-state index contributed by atoms with van der Waals surface area (Å²) >= 11 is 0. The van der Waals surface area contributed by atoms with Crippen LogP contribution in [0.4, 0.5) is 0 Å². The molecule has 0 unspecified atom stereocenters. The molecular weight excluding hydrogens is 512 g/mol. The fourth-order valence-corrected chi connectivity index (χ4v) is 5.56. The van der Waals surface area contributed by atoms with Crippen molar-refractivity contribution in [1.82, 2.24) is 10.2 Å². The van der Waals surface area contributed by atoms with E-state index >= 15 is 0 Å². The van der Waals surface area contributed by atoms with Crippen LogP contribution < -0.4 is 14.8 Å². The van der Waals surface area contributed by atoms with Crippen molar-refractivity contribution in [1.29, 1.82) is 0 Å². The molecule has 2 heterocycles. The molecule has 2 N–H and O–H groups in total. The highest BCUT2D eigenvalue weighted by atomic mass is 16.5. The molecule has 0 spiro atoms. The predicted octanol–water partition coefficient (Wildman–Crippen LogP) is 7.15. The molecule has 3 aliphatic rings. The number of hydrogen-bond donors (Lipinski definition) is 2. The molecule has 0 aromatic heterocycles. The molecule has 2 aliphatic heterocycles. The minimum Gasteiger partial charge on any atom is -0.493 e. The molecule has 2 aromatic rings. The lowest BCUT2D eigenvalue weighted by Gasteiger charge is -2.30. The Labute approximate surface area is 247 Å². The number of ether oxygens (including phenoxy) is 2. The van der Waals surface area contributed by atoms with Crippen LogP contribution in [0.2, 0.25) is 0 Å². The van der Waals surface area contributed by atoms with Crippen molar-refractivity contribution < 1.29 is 20.8 Å². The number of fused-ring (bicyclic) bond motifs is 2. The number of nitrogens with zero attached hydrogens (tertiary/aromatic N) is 1. The maximum Gasteiger partial charge on any atom is 0.162 e. The summed E-state index contributed by atoms with van der Waals surface area (Å²) in [5, 5.41) is 15.0. The van der Waals surface area contributed by atoms with Crippen molar-refractivity contribution in [2.45, 2.75) is 84.5 Å². The van der Waals surface area contributed by atoms with Crippen molar-refractivity contribution in [3.63, 3.8) is 0 Å². The fourth-order valence-electron chi connectivity index (χ4n) is 5.56. The Hall–Kier alpha value is -3.09. The molecule has 0 saturated carbocycles. The lowest BCUT2D eigenvalue weighted by molar-refractivity contribution is 0.0978. The Kier molecular flexibility index (Phi) is 11.1. The van der Waals surface area contributed by atoms with Crippen LogP contribution >= 0.6 is 0 Å². The summed E-state index contributed by atoms with van der Waals surface area (Å²) in [5.74, 6) is 1.74. The summed E-state index contributed by atoms with van der Waals surface area (Å²) in [7, 11) is 0. The number of rotatable bonds is 13. The smallest absolute Gasteiger partial charge is 0.162 e. The maximum atomic E-state index is 12.7. The van der Waals surface area contributed by atoms with Gasteiger partial charge in [0.05, 0.1) is 18.8 Å². The normalized spacial score (nSPS) is 17.3. The van der Waals surface area contributed by atoms with E-state index in [0.717, 1.165) is 54.4 Å². The Morgan fingerprint density at radius 3 is 2.56 bits per heavy atom. The molecule has 41 heavy (non-hydrogen) atoms. The average molecular weight is 562 g/mol. The van der Waals surface area contributed by atoms with Crippen molar-refractivity contribution in [3.05, 3.63) is 83.4 Å². The van der Waals surface area contributed by atoms with Crippen LogP contribution in [0.1, 0.15) is 95.2 Å². The number of aliphatic hydroxyl groups is 1. The quantitative estimate of drug-likeness (QED) is 0.253. The summed E-state index contributed by atoms with van der Waals surface area (Å²) in [6.07, 6.45) is 6.76. The van der Waals surface area contributed by atoms with Gasteiger partial charge in [0.2, 0.25) is 0 Å². The molecular formula is C35H49N2O4. The molecule has 1 aliphatic carbocycles. The van der Waals surface area contributed by atoms with Gasteiger partial charge in [0, 0.05) is 44.1 Å². The van der Waals surface area contributed by atoms with Gasteiger partial charge in [-0.1, -0.05) is 38.1 Å². The monoisotopic (exact) mass is 561 g/mol. The van der Waals surface area contributed by atoms with E-state index in [2.05, 4.69) is 29.3 Å². The number of Topliss-reactive ketones (excluding diaryl/α,β-unsaturated/α-hetero) is 1. The second-order valence-electron chi connectivity index (χ2n) is 11.2. The van der Waals surface area contributed by atoms with E-state index in [1.54, 1.807) is 0 Å². The first-order valence-electron chi connectivity index (χ1n) is 15.4. The zero-order chi connectivity index (χ0) is 29.4. The number of ketones is 1. The summed E-state index contributed by atoms with van der Waals surface area (Å²) in [5.41, 5.74) is 6.19. The van der Waals surface area contributed by atoms with Crippen molar-refractivity contribution in [2.75, 3.05) is 26.2 Å². The van der Waals surface area contributed by atoms with Crippen molar-refractivity contribution in [3.8, 4) is 11.5 Å². The van der Waals surface area contributed by atoms with E-state index < -0.39 is 6.10 Å². The van der Waals surface area contributed by atoms with E-state index in [4.69, 9.17) is 9.47 Å². The van der Waals surface area contributed by atoms with Crippen LogP contribution in [0, 0.1) is 6.42 Å². The first-order chi connectivity index (χ1) is 19.9. The Morgan fingerprint density at radius 1 is 1.12 bits per heavy atom. The molecule has 2 atom stereocenters. The van der Waals surface area contributed by atoms with Gasteiger partial charge < -0.3 is 24.8 Å². The number of allylic oxidation sites excluding steroid dienone is 2. The summed E-state index contributed by atoms with van der Waals surface area (Å²) < 4.78 is 11.7. The number of carbonyl (C=O) groups is 1. The van der Waals surface area contributed by atoms with Crippen molar-refractivity contribution in [2.24, 2.45) is 0 Å². The number of benzene rings is 2. The van der Waals surface area contributed by atoms with Crippen molar-refractivity contribution >= 4 is 11.4 Å². The van der Waals surface area contributed by atoms with E-state index in [1.165, 1.54) is 24.0 Å². The van der Waals surface area contributed by atoms with Crippen LogP contribution in [-0.2, 0) is 0 Å². The third-order valence-corrected chi connectivity index (χ3v) is 7.70. The molecule has 2 aromatic carbocycles. The molecule has 223 valence electrons. The summed E-state index contributed by atoms with van der Waals surface area (Å²) in [6.45, 7) is 15.7. The fraction of sp³-hybridized carbons (Fsp3) is 0.486. The predicted molar refractivity (Wildman–Crippen MR) is 168 cm³/mol. The molecule has 6 heteroatoms. The molecule has 6 nitrogen and oxygen atoms in total. The maximum absolute atomic E-state index is 12.7. The van der Waals surface area contributed by atoms with Gasteiger partial charge in [0.25, 0.3) is 0 Å². The Balaban J connectivity index is 0.00000158. The van der Waals surface area contributed by atoms with E-state index in [0.29, 0.717) is 31.4 Å². The van der Waals surface area contributed by atoms with E-state index in [1.807, 2.05) is 64.1 Å². The minimum atomic E-state index is -0.704. The number of aliphatic hydroxyl groups excluding tert-OH is 1.